The monoisotopic (exact) mass is 240 g/mol. The fourth-order valence-corrected chi connectivity index (χ4v) is 2.20. The average Bonchev–Trinajstić information content (AvgIpc) is 2.31. The summed E-state index contributed by atoms with van der Waals surface area (Å²) in [7, 11) is 4.17. The fourth-order valence-electron chi connectivity index (χ4n) is 2.20. The van der Waals surface area contributed by atoms with Crippen molar-refractivity contribution in [2.24, 2.45) is 0 Å². The Bertz CT molecular complexity index is 545. The van der Waals surface area contributed by atoms with Crippen LogP contribution in [-0.2, 0) is 6.42 Å². The Morgan fingerprint density at radius 1 is 1.00 bits per heavy atom. The van der Waals surface area contributed by atoms with Crippen molar-refractivity contribution in [2.45, 2.75) is 20.3 Å². The van der Waals surface area contributed by atoms with Crippen LogP contribution in [0.5, 0.6) is 0 Å². The maximum Gasteiger partial charge on any atom is 0.0393 e. The number of anilines is 1. The molecule has 0 aliphatic rings. The van der Waals surface area contributed by atoms with Gasteiger partial charge in [-0.1, -0.05) is 12.1 Å². The van der Waals surface area contributed by atoms with Gasteiger partial charge in [-0.05, 0) is 55.2 Å². The van der Waals surface area contributed by atoms with E-state index in [1.165, 1.54) is 22.4 Å². The van der Waals surface area contributed by atoms with Crippen LogP contribution in [-0.4, -0.2) is 19.1 Å². The summed E-state index contributed by atoms with van der Waals surface area (Å²) in [5.41, 5.74) is 6.34. The summed E-state index contributed by atoms with van der Waals surface area (Å²) < 4.78 is 0. The van der Waals surface area contributed by atoms with Gasteiger partial charge in [0, 0.05) is 31.7 Å². The Kier molecular flexibility index (Phi) is 3.66. The minimum Gasteiger partial charge on any atom is -0.377 e. The summed E-state index contributed by atoms with van der Waals surface area (Å²) >= 11 is 0. The zero-order chi connectivity index (χ0) is 13.1. The van der Waals surface area contributed by atoms with Crippen molar-refractivity contribution in [3.8, 4) is 0 Å². The number of nitrogens with zero attached hydrogens (tertiary/aromatic N) is 2. The molecule has 2 aromatic rings. The first-order valence-electron chi connectivity index (χ1n) is 6.24. The molecule has 0 N–H and O–H groups in total. The number of rotatable bonds is 3. The summed E-state index contributed by atoms with van der Waals surface area (Å²) in [5.74, 6) is 0. The molecule has 0 bridgehead atoms. The summed E-state index contributed by atoms with van der Waals surface area (Å²) in [6.45, 7) is 4.18. The van der Waals surface area contributed by atoms with E-state index in [-0.39, 0.29) is 0 Å². The van der Waals surface area contributed by atoms with Gasteiger partial charge in [-0.15, -0.1) is 0 Å². The average molecular weight is 240 g/mol. The lowest BCUT2D eigenvalue weighted by molar-refractivity contribution is 1.08. The van der Waals surface area contributed by atoms with Gasteiger partial charge in [-0.3, -0.25) is 4.98 Å². The molecule has 1 aromatic carbocycles. The number of benzene rings is 1. The minimum atomic E-state index is 0.963. The number of hydrogen-bond acceptors (Lipinski definition) is 2. The van der Waals surface area contributed by atoms with Crippen LogP contribution >= 0.6 is 0 Å². The summed E-state index contributed by atoms with van der Waals surface area (Å²) in [6.07, 6.45) is 2.84. The molecule has 0 radical (unpaired) electrons. The van der Waals surface area contributed by atoms with Gasteiger partial charge in [0.2, 0.25) is 0 Å². The summed E-state index contributed by atoms with van der Waals surface area (Å²) in [4.78, 5) is 6.40. The predicted molar refractivity (Wildman–Crippen MR) is 77.3 cm³/mol. The molecule has 0 amide bonds. The topological polar surface area (TPSA) is 16.1 Å². The van der Waals surface area contributed by atoms with E-state index >= 15 is 0 Å². The van der Waals surface area contributed by atoms with Crippen LogP contribution in [0.4, 0.5) is 5.69 Å². The number of pyridine rings is 1. The lowest BCUT2D eigenvalue weighted by Gasteiger charge is -2.17. The number of aromatic nitrogens is 1. The van der Waals surface area contributed by atoms with Crippen LogP contribution in [0.2, 0.25) is 0 Å². The lowest BCUT2D eigenvalue weighted by Crippen LogP contribution is -2.10. The third-order valence-electron chi connectivity index (χ3n) is 3.12. The van der Waals surface area contributed by atoms with Gasteiger partial charge in [0.1, 0.15) is 0 Å². The number of hydrogen-bond donors (Lipinski definition) is 0. The molecule has 0 aliphatic carbocycles. The van der Waals surface area contributed by atoms with E-state index in [9.17, 15) is 0 Å². The van der Waals surface area contributed by atoms with Crippen molar-refractivity contribution in [1.29, 1.82) is 0 Å². The lowest BCUT2D eigenvalue weighted by atomic mass is 10.0. The largest absolute Gasteiger partial charge is 0.377 e. The Morgan fingerprint density at radius 3 is 2.39 bits per heavy atom. The molecule has 0 aliphatic heterocycles. The Labute approximate surface area is 109 Å². The van der Waals surface area contributed by atoms with Crippen LogP contribution < -0.4 is 4.90 Å². The Morgan fingerprint density at radius 2 is 1.72 bits per heavy atom. The maximum atomic E-state index is 4.23. The zero-order valence-electron chi connectivity index (χ0n) is 11.6. The van der Waals surface area contributed by atoms with Crippen LogP contribution in [0.3, 0.4) is 0 Å². The van der Waals surface area contributed by atoms with Crippen LogP contribution in [0.1, 0.15) is 22.4 Å². The summed E-state index contributed by atoms with van der Waals surface area (Å²) in [6, 6.07) is 10.9. The first-order valence-corrected chi connectivity index (χ1v) is 6.24. The van der Waals surface area contributed by atoms with E-state index < -0.39 is 0 Å². The van der Waals surface area contributed by atoms with Crippen LogP contribution in [0.15, 0.2) is 36.5 Å². The highest BCUT2D eigenvalue weighted by Gasteiger charge is 2.03. The van der Waals surface area contributed by atoms with Gasteiger partial charge in [-0.25, -0.2) is 0 Å². The third-order valence-corrected chi connectivity index (χ3v) is 3.12. The van der Waals surface area contributed by atoms with Gasteiger partial charge in [-0.2, -0.15) is 0 Å². The van der Waals surface area contributed by atoms with Crippen molar-refractivity contribution >= 4 is 5.69 Å². The highest BCUT2D eigenvalue weighted by molar-refractivity contribution is 5.54. The van der Waals surface area contributed by atoms with E-state index in [2.05, 4.69) is 61.2 Å². The highest BCUT2D eigenvalue weighted by Crippen LogP contribution is 2.21. The second-order valence-electron chi connectivity index (χ2n) is 5.00. The molecule has 0 fully saturated rings. The third kappa shape index (κ3) is 2.89. The van der Waals surface area contributed by atoms with Gasteiger partial charge in [0.25, 0.3) is 0 Å². The standard InChI is InChI=1S/C16H20N2/c1-12-5-6-14(11-16(12)18(3)4)10-15-7-8-17-13(2)9-15/h5-9,11H,10H2,1-4H3. The quantitative estimate of drug-likeness (QED) is 0.818. The van der Waals surface area contributed by atoms with E-state index in [1.807, 2.05) is 13.1 Å². The van der Waals surface area contributed by atoms with E-state index in [0.29, 0.717) is 0 Å². The van der Waals surface area contributed by atoms with Crippen molar-refractivity contribution < 1.29 is 0 Å². The molecule has 2 rings (SSSR count). The molecule has 18 heavy (non-hydrogen) atoms. The van der Waals surface area contributed by atoms with E-state index in [0.717, 1.165) is 12.1 Å². The molecule has 0 atom stereocenters. The van der Waals surface area contributed by atoms with E-state index in [1.54, 1.807) is 0 Å². The molecule has 94 valence electrons. The van der Waals surface area contributed by atoms with Gasteiger partial charge < -0.3 is 4.90 Å². The molecule has 0 saturated carbocycles. The van der Waals surface area contributed by atoms with Gasteiger partial charge >= 0.3 is 0 Å². The number of aryl methyl sites for hydroxylation is 2. The SMILES string of the molecule is Cc1cc(Cc2ccc(C)c(N(C)C)c2)ccn1. The molecule has 0 unspecified atom stereocenters. The Balaban J connectivity index is 2.27. The first kappa shape index (κ1) is 12.6. The van der Waals surface area contributed by atoms with Gasteiger partial charge in [0.05, 0.1) is 0 Å². The molecule has 2 nitrogen and oxygen atoms in total. The molecular weight excluding hydrogens is 220 g/mol. The van der Waals surface area contributed by atoms with Crippen molar-refractivity contribution in [1.82, 2.24) is 4.98 Å². The minimum absolute atomic E-state index is 0.963. The second kappa shape index (κ2) is 5.21. The molecule has 1 aromatic heterocycles. The predicted octanol–water partition coefficient (Wildman–Crippen LogP) is 3.36. The highest BCUT2D eigenvalue weighted by atomic mass is 15.1. The van der Waals surface area contributed by atoms with Crippen LogP contribution in [0, 0.1) is 13.8 Å². The zero-order valence-corrected chi connectivity index (χ0v) is 11.6. The second-order valence-corrected chi connectivity index (χ2v) is 5.00. The molecule has 1 heterocycles. The summed E-state index contributed by atoms with van der Waals surface area (Å²) in [5, 5.41) is 0. The normalized spacial score (nSPS) is 10.4. The van der Waals surface area contributed by atoms with Crippen molar-refractivity contribution in [3.63, 3.8) is 0 Å². The molecular formula is C16H20N2. The fraction of sp³-hybridized carbons (Fsp3) is 0.312. The van der Waals surface area contributed by atoms with Gasteiger partial charge in [0.15, 0.2) is 0 Å². The smallest absolute Gasteiger partial charge is 0.0393 e. The molecule has 0 saturated heterocycles. The first-order chi connectivity index (χ1) is 8.56. The van der Waals surface area contributed by atoms with Crippen molar-refractivity contribution in [2.75, 3.05) is 19.0 Å². The Hall–Kier alpha value is -1.83. The van der Waals surface area contributed by atoms with Crippen LogP contribution in [0.25, 0.3) is 0 Å². The molecule has 0 spiro atoms. The molecule has 2 heteroatoms. The maximum absolute atomic E-state index is 4.23. The van der Waals surface area contributed by atoms with E-state index in [4.69, 9.17) is 0 Å². The van der Waals surface area contributed by atoms with Crippen molar-refractivity contribution in [3.05, 3.63) is 58.9 Å².